The van der Waals surface area contributed by atoms with Gasteiger partial charge in [0.15, 0.2) is 0 Å². The van der Waals surface area contributed by atoms with Gasteiger partial charge in [-0.2, -0.15) is 7.05 Å². The summed E-state index contributed by atoms with van der Waals surface area (Å²) in [6, 6.07) is 0.896. The minimum atomic E-state index is 0.865. The van der Waals surface area contributed by atoms with Crippen LogP contribution in [0.1, 0.15) is 25.7 Å². The molecule has 0 amide bonds. The third-order valence-corrected chi connectivity index (χ3v) is 3.01. The molecule has 52 valence electrons. The second-order valence-electron chi connectivity index (χ2n) is 3.95. The van der Waals surface area contributed by atoms with Crippen LogP contribution in [0.3, 0.4) is 0 Å². The van der Waals surface area contributed by atoms with Crippen LogP contribution in [-0.4, -0.2) is 13.1 Å². The van der Waals surface area contributed by atoms with Crippen LogP contribution in [-0.2, 0) is 0 Å². The molecule has 2 rings (SSSR count). The summed E-state index contributed by atoms with van der Waals surface area (Å²) in [6.45, 7) is 0. The van der Waals surface area contributed by atoms with Crippen molar-refractivity contribution >= 4 is 0 Å². The van der Waals surface area contributed by atoms with Crippen molar-refractivity contribution in [2.45, 2.75) is 31.7 Å². The lowest BCUT2D eigenvalue weighted by molar-refractivity contribution is -0.869. The predicted octanol–water partition coefficient (Wildman–Crippen LogP) is 0.235. The average Bonchev–Trinajstić information content (AvgIpc) is 2.35. The lowest BCUT2D eigenvalue weighted by atomic mass is 9.76. The molecule has 1 unspecified atom stereocenters. The second-order valence-corrected chi connectivity index (χ2v) is 3.95. The molecule has 0 aromatic rings. The summed E-state index contributed by atoms with van der Waals surface area (Å²) in [7, 11) is 6.14. The Morgan fingerprint density at radius 2 is 2.00 bits per heavy atom. The minimum Gasteiger partial charge on any atom is -0.468 e. The van der Waals surface area contributed by atoms with Gasteiger partial charge in [-0.05, 0) is 18.3 Å². The molecule has 0 heterocycles. The quantitative estimate of drug-likeness (QED) is 0.479. The van der Waals surface area contributed by atoms with Gasteiger partial charge in [0.2, 0.25) is 0 Å². The molecule has 0 saturated heterocycles. The second kappa shape index (κ2) is 1.51. The first-order chi connectivity index (χ1) is 4.22. The molecule has 1 nitrogen and oxygen atoms in total. The van der Waals surface area contributed by atoms with Gasteiger partial charge in [-0.15, -0.1) is 0 Å². The maximum atomic E-state index is 3.97. The Balaban J connectivity index is 1.83. The standard InChI is InChI=1S/C8H15N/c1-9(2)7-5-8(6-7)3-4-8/h7,9H,1,3-6H2,2H3. The van der Waals surface area contributed by atoms with Gasteiger partial charge in [-0.3, -0.25) is 0 Å². The minimum absolute atomic E-state index is 0.865. The fourth-order valence-electron chi connectivity index (χ4n) is 1.92. The molecule has 0 bridgehead atoms. The van der Waals surface area contributed by atoms with Gasteiger partial charge >= 0.3 is 0 Å². The fourth-order valence-corrected chi connectivity index (χ4v) is 1.92. The fraction of sp³-hybridized carbons (Fsp3) is 0.875. The van der Waals surface area contributed by atoms with Crippen molar-refractivity contribution in [1.82, 2.24) is 0 Å². The van der Waals surface area contributed by atoms with Crippen LogP contribution in [0.5, 0.6) is 0 Å². The molecule has 0 aromatic carbocycles. The van der Waals surface area contributed by atoms with Crippen molar-refractivity contribution < 1.29 is 4.90 Å². The van der Waals surface area contributed by atoms with E-state index in [-0.39, 0.29) is 0 Å². The van der Waals surface area contributed by atoms with Crippen LogP contribution >= 0.6 is 0 Å². The first-order valence-corrected chi connectivity index (χ1v) is 3.87. The summed E-state index contributed by atoms with van der Waals surface area (Å²) in [5.74, 6) is 0. The molecule has 2 fully saturated rings. The third kappa shape index (κ3) is 0.787. The van der Waals surface area contributed by atoms with Crippen LogP contribution in [0.25, 0.3) is 0 Å². The molecular weight excluding hydrogens is 110 g/mol. The van der Waals surface area contributed by atoms with Gasteiger partial charge in [0, 0.05) is 19.9 Å². The summed E-state index contributed by atoms with van der Waals surface area (Å²) in [5, 5.41) is 0. The molecule has 1 atom stereocenters. The number of rotatable bonds is 1. The zero-order valence-corrected chi connectivity index (χ0v) is 6.11. The topological polar surface area (TPSA) is 4.44 Å². The van der Waals surface area contributed by atoms with E-state index in [1.807, 2.05) is 0 Å². The molecule has 2 aliphatic carbocycles. The van der Waals surface area contributed by atoms with Gasteiger partial charge in [0.05, 0.1) is 6.04 Å². The van der Waals surface area contributed by atoms with E-state index in [4.69, 9.17) is 0 Å². The zero-order valence-electron chi connectivity index (χ0n) is 6.11. The SMILES string of the molecule is [CH2-][NH+](C)C1CC2(CC2)C1. The maximum Gasteiger partial charge on any atom is 0.0643 e. The molecule has 0 aliphatic heterocycles. The summed E-state index contributed by atoms with van der Waals surface area (Å²) in [6.07, 6.45) is 5.94. The van der Waals surface area contributed by atoms with Crippen molar-refractivity contribution in [2.24, 2.45) is 5.41 Å². The Morgan fingerprint density at radius 1 is 1.44 bits per heavy atom. The van der Waals surface area contributed by atoms with Gasteiger partial charge in [-0.25, -0.2) is 0 Å². The van der Waals surface area contributed by atoms with E-state index in [9.17, 15) is 0 Å². The number of hydrogen-bond acceptors (Lipinski definition) is 0. The molecule has 9 heavy (non-hydrogen) atoms. The summed E-state index contributed by atoms with van der Waals surface area (Å²) >= 11 is 0. The van der Waals surface area contributed by atoms with Crippen molar-refractivity contribution in [3.05, 3.63) is 7.05 Å². The number of quaternary nitrogens is 1. The highest BCUT2D eigenvalue weighted by molar-refractivity contribution is 5.03. The Morgan fingerprint density at radius 3 is 2.33 bits per heavy atom. The van der Waals surface area contributed by atoms with Crippen LogP contribution in [0.15, 0.2) is 0 Å². The van der Waals surface area contributed by atoms with E-state index in [0.29, 0.717) is 0 Å². The summed E-state index contributed by atoms with van der Waals surface area (Å²) < 4.78 is 0. The highest BCUT2D eigenvalue weighted by atomic mass is 15.1. The third-order valence-electron chi connectivity index (χ3n) is 3.01. The highest BCUT2D eigenvalue weighted by Gasteiger charge is 2.54. The van der Waals surface area contributed by atoms with Crippen LogP contribution in [0.2, 0.25) is 0 Å². The number of hydrogen-bond donors (Lipinski definition) is 1. The van der Waals surface area contributed by atoms with Crippen molar-refractivity contribution in [1.29, 1.82) is 0 Å². The molecule has 2 saturated carbocycles. The monoisotopic (exact) mass is 125 g/mol. The Bertz CT molecular complexity index is 117. The van der Waals surface area contributed by atoms with Gasteiger partial charge in [0.1, 0.15) is 0 Å². The zero-order chi connectivity index (χ0) is 6.48. The largest absolute Gasteiger partial charge is 0.468 e. The molecule has 0 aromatic heterocycles. The predicted molar refractivity (Wildman–Crippen MR) is 36.9 cm³/mol. The van der Waals surface area contributed by atoms with E-state index in [1.165, 1.54) is 30.6 Å². The Hall–Kier alpha value is -0.0400. The first kappa shape index (κ1) is 5.72. The molecule has 1 spiro atoms. The molecular formula is C8H15N. The van der Waals surface area contributed by atoms with Gasteiger partial charge in [-0.1, -0.05) is 0 Å². The maximum absolute atomic E-state index is 3.97. The molecule has 0 radical (unpaired) electrons. The van der Waals surface area contributed by atoms with E-state index in [2.05, 4.69) is 14.1 Å². The van der Waals surface area contributed by atoms with Gasteiger partial charge in [0.25, 0.3) is 0 Å². The number of nitrogens with one attached hydrogen (secondary N) is 1. The molecule has 1 heteroatoms. The summed E-state index contributed by atoms with van der Waals surface area (Å²) in [4.78, 5) is 1.41. The average molecular weight is 125 g/mol. The Labute approximate surface area is 57.0 Å². The highest BCUT2D eigenvalue weighted by Crippen LogP contribution is 2.59. The van der Waals surface area contributed by atoms with E-state index in [0.717, 1.165) is 11.5 Å². The summed E-state index contributed by atoms with van der Waals surface area (Å²) in [5.41, 5.74) is 0.865. The van der Waals surface area contributed by atoms with Crippen molar-refractivity contribution in [2.75, 3.05) is 7.05 Å². The smallest absolute Gasteiger partial charge is 0.0643 e. The van der Waals surface area contributed by atoms with Crippen LogP contribution in [0, 0.1) is 12.5 Å². The van der Waals surface area contributed by atoms with Crippen molar-refractivity contribution in [3.8, 4) is 0 Å². The van der Waals surface area contributed by atoms with Crippen LogP contribution in [0.4, 0.5) is 0 Å². The van der Waals surface area contributed by atoms with Gasteiger partial charge < -0.3 is 4.90 Å². The first-order valence-electron chi connectivity index (χ1n) is 3.87. The van der Waals surface area contributed by atoms with E-state index < -0.39 is 0 Å². The lowest BCUT2D eigenvalue weighted by Crippen LogP contribution is -3.09. The molecule has 1 N–H and O–H groups in total. The normalized spacial score (nSPS) is 34.0. The Kier molecular flexibility index (Phi) is 0.963. The lowest BCUT2D eigenvalue weighted by Gasteiger charge is -2.40. The van der Waals surface area contributed by atoms with E-state index in [1.54, 1.807) is 0 Å². The van der Waals surface area contributed by atoms with Crippen LogP contribution < -0.4 is 4.90 Å². The molecule has 2 aliphatic rings. The van der Waals surface area contributed by atoms with Crippen molar-refractivity contribution in [3.63, 3.8) is 0 Å². The van der Waals surface area contributed by atoms with E-state index >= 15 is 0 Å².